The van der Waals surface area contributed by atoms with E-state index in [0.717, 1.165) is 30.6 Å². The van der Waals surface area contributed by atoms with E-state index in [4.69, 9.17) is 11.6 Å². The molecule has 1 saturated heterocycles. The Balaban J connectivity index is 2.16. The van der Waals surface area contributed by atoms with Crippen LogP contribution in [0.15, 0.2) is 6.07 Å². The van der Waals surface area contributed by atoms with Gasteiger partial charge >= 0.3 is 0 Å². The highest BCUT2D eigenvalue weighted by molar-refractivity contribution is 6.29. The van der Waals surface area contributed by atoms with Crippen LogP contribution in [0, 0.1) is 12.8 Å². The van der Waals surface area contributed by atoms with Gasteiger partial charge in [0.15, 0.2) is 0 Å². The van der Waals surface area contributed by atoms with Crippen molar-refractivity contribution >= 4 is 17.4 Å². The lowest BCUT2D eigenvalue weighted by Crippen LogP contribution is -2.35. The molecule has 1 aliphatic heterocycles. The van der Waals surface area contributed by atoms with Gasteiger partial charge in [-0.15, -0.1) is 0 Å². The lowest BCUT2D eigenvalue weighted by molar-refractivity contribution is 0.403. The van der Waals surface area contributed by atoms with Crippen LogP contribution in [0.1, 0.15) is 32.0 Å². The molecule has 1 aromatic rings. The van der Waals surface area contributed by atoms with Gasteiger partial charge in [-0.3, -0.25) is 0 Å². The van der Waals surface area contributed by atoms with Crippen LogP contribution < -0.4 is 4.90 Å². The predicted molar refractivity (Wildman–Crippen MR) is 67.0 cm³/mol. The van der Waals surface area contributed by atoms with Gasteiger partial charge < -0.3 is 4.90 Å². The molecule has 16 heavy (non-hydrogen) atoms. The fraction of sp³-hybridized carbons (Fsp3) is 0.667. The van der Waals surface area contributed by atoms with E-state index < -0.39 is 0 Å². The third-order valence-electron chi connectivity index (χ3n) is 3.21. The topological polar surface area (TPSA) is 29.0 Å². The summed E-state index contributed by atoms with van der Waals surface area (Å²) in [6.07, 6.45) is 3.83. The number of aryl methyl sites for hydroxylation is 1. The Morgan fingerprint density at radius 1 is 1.50 bits per heavy atom. The van der Waals surface area contributed by atoms with E-state index in [9.17, 15) is 0 Å². The zero-order valence-corrected chi connectivity index (χ0v) is 10.7. The van der Waals surface area contributed by atoms with Gasteiger partial charge in [-0.05, 0) is 25.7 Å². The minimum Gasteiger partial charge on any atom is -0.356 e. The molecule has 0 saturated carbocycles. The molecule has 1 fully saturated rings. The first-order valence-corrected chi connectivity index (χ1v) is 6.33. The number of hydrogen-bond donors (Lipinski definition) is 0. The fourth-order valence-electron chi connectivity index (χ4n) is 2.28. The molecule has 2 heterocycles. The number of rotatable bonds is 2. The maximum Gasteiger partial charge on any atom is 0.134 e. The maximum absolute atomic E-state index is 5.96. The predicted octanol–water partition coefficient (Wildman–Crippen LogP) is 3.06. The highest BCUT2D eigenvalue weighted by atomic mass is 35.5. The summed E-state index contributed by atoms with van der Waals surface area (Å²) in [6.45, 7) is 6.33. The third-order valence-corrected chi connectivity index (χ3v) is 3.41. The van der Waals surface area contributed by atoms with Crippen LogP contribution in [0.25, 0.3) is 0 Å². The van der Waals surface area contributed by atoms with Gasteiger partial charge in [0, 0.05) is 19.2 Å². The van der Waals surface area contributed by atoms with Crippen LogP contribution in [-0.2, 0) is 0 Å². The zero-order valence-electron chi connectivity index (χ0n) is 9.91. The van der Waals surface area contributed by atoms with E-state index in [1.54, 1.807) is 0 Å². The SMILES string of the molecule is CCC1CCCN(c2cc(Cl)nc(C)n2)C1. The van der Waals surface area contributed by atoms with Gasteiger partial charge in [0.2, 0.25) is 0 Å². The van der Waals surface area contributed by atoms with E-state index in [1.165, 1.54) is 19.3 Å². The van der Waals surface area contributed by atoms with Gasteiger partial charge in [-0.1, -0.05) is 24.9 Å². The highest BCUT2D eigenvalue weighted by Crippen LogP contribution is 2.24. The number of halogens is 1. The summed E-state index contributed by atoms with van der Waals surface area (Å²) < 4.78 is 0. The molecule has 2 rings (SSSR count). The van der Waals surface area contributed by atoms with E-state index in [-0.39, 0.29) is 0 Å². The first-order valence-electron chi connectivity index (χ1n) is 5.95. The molecule has 1 atom stereocenters. The molecule has 0 spiro atoms. The Bertz CT molecular complexity index is 347. The molecule has 1 unspecified atom stereocenters. The molecule has 0 N–H and O–H groups in total. The van der Waals surface area contributed by atoms with Crippen LogP contribution >= 0.6 is 11.6 Å². The molecule has 0 bridgehead atoms. The van der Waals surface area contributed by atoms with Gasteiger partial charge in [0.05, 0.1) is 0 Å². The first-order chi connectivity index (χ1) is 7.69. The van der Waals surface area contributed by atoms with Crippen LogP contribution in [0.5, 0.6) is 0 Å². The summed E-state index contributed by atoms with van der Waals surface area (Å²) in [7, 11) is 0. The van der Waals surface area contributed by atoms with Gasteiger partial charge in [0.25, 0.3) is 0 Å². The highest BCUT2D eigenvalue weighted by Gasteiger charge is 2.20. The van der Waals surface area contributed by atoms with E-state index in [1.807, 2.05) is 13.0 Å². The van der Waals surface area contributed by atoms with Crippen molar-refractivity contribution in [3.8, 4) is 0 Å². The van der Waals surface area contributed by atoms with E-state index >= 15 is 0 Å². The van der Waals surface area contributed by atoms with Crippen molar-refractivity contribution in [3.05, 3.63) is 17.0 Å². The molecule has 3 nitrogen and oxygen atoms in total. The molecular weight excluding hydrogens is 222 g/mol. The Morgan fingerprint density at radius 2 is 2.31 bits per heavy atom. The molecule has 0 aliphatic carbocycles. The number of piperidine rings is 1. The number of anilines is 1. The summed E-state index contributed by atoms with van der Waals surface area (Å²) in [5.74, 6) is 2.53. The van der Waals surface area contributed by atoms with Crippen LogP contribution in [0.3, 0.4) is 0 Å². The van der Waals surface area contributed by atoms with Crippen molar-refractivity contribution in [2.75, 3.05) is 18.0 Å². The van der Waals surface area contributed by atoms with Crippen molar-refractivity contribution in [3.63, 3.8) is 0 Å². The molecule has 4 heteroatoms. The van der Waals surface area contributed by atoms with Crippen molar-refractivity contribution in [1.29, 1.82) is 0 Å². The molecule has 88 valence electrons. The minimum atomic E-state index is 0.543. The first kappa shape index (κ1) is 11.6. The lowest BCUT2D eigenvalue weighted by Gasteiger charge is -2.33. The lowest BCUT2D eigenvalue weighted by atomic mass is 9.96. The van der Waals surface area contributed by atoms with Gasteiger partial charge in [-0.2, -0.15) is 0 Å². The second-order valence-corrected chi connectivity index (χ2v) is 4.85. The maximum atomic E-state index is 5.96. The minimum absolute atomic E-state index is 0.543. The Hall–Kier alpha value is -0.830. The van der Waals surface area contributed by atoms with E-state index in [2.05, 4.69) is 21.8 Å². The molecular formula is C12H18ClN3. The monoisotopic (exact) mass is 239 g/mol. The van der Waals surface area contributed by atoms with Crippen molar-refractivity contribution in [2.24, 2.45) is 5.92 Å². The normalized spacial score (nSPS) is 21.2. The zero-order chi connectivity index (χ0) is 11.5. The molecule has 0 amide bonds. The van der Waals surface area contributed by atoms with Crippen LogP contribution in [0.2, 0.25) is 5.15 Å². The average Bonchev–Trinajstić information content (AvgIpc) is 2.28. The second-order valence-electron chi connectivity index (χ2n) is 4.46. The Morgan fingerprint density at radius 3 is 3.00 bits per heavy atom. The van der Waals surface area contributed by atoms with Crippen molar-refractivity contribution < 1.29 is 0 Å². The van der Waals surface area contributed by atoms with Crippen molar-refractivity contribution in [1.82, 2.24) is 9.97 Å². The summed E-state index contributed by atoms with van der Waals surface area (Å²) in [4.78, 5) is 10.9. The van der Waals surface area contributed by atoms with E-state index in [0.29, 0.717) is 5.15 Å². The van der Waals surface area contributed by atoms with Crippen molar-refractivity contribution in [2.45, 2.75) is 33.1 Å². The fourth-order valence-corrected chi connectivity index (χ4v) is 2.50. The summed E-state index contributed by atoms with van der Waals surface area (Å²) in [5, 5.41) is 0.543. The second kappa shape index (κ2) is 5.00. The Kier molecular flexibility index (Phi) is 3.64. The standard InChI is InChI=1S/C12H18ClN3/c1-3-10-5-4-6-16(8-10)12-7-11(13)14-9(2)15-12/h7,10H,3-6,8H2,1-2H3. The molecule has 0 radical (unpaired) electrons. The molecule has 1 aliphatic rings. The molecule has 1 aromatic heterocycles. The van der Waals surface area contributed by atoms with Crippen LogP contribution in [-0.4, -0.2) is 23.1 Å². The number of hydrogen-bond acceptors (Lipinski definition) is 3. The van der Waals surface area contributed by atoms with Gasteiger partial charge in [-0.25, -0.2) is 9.97 Å². The summed E-state index contributed by atoms with van der Waals surface area (Å²) in [5.41, 5.74) is 0. The quantitative estimate of drug-likeness (QED) is 0.743. The third kappa shape index (κ3) is 2.64. The van der Waals surface area contributed by atoms with Gasteiger partial charge in [0.1, 0.15) is 16.8 Å². The number of nitrogens with zero attached hydrogens (tertiary/aromatic N) is 3. The van der Waals surface area contributed by atoms with Crippen LogP contribution in [0.4, 0.5) is 5.82 Å². The molecule has 0 aromatic carbocycles. The summed E-state index contributed by atoms with van der Waals surface area (Å²) >= 11 is 5.96. The number of aromatic nitrogens is 2. The average molecular weight is 240 g/mol. The summed E-state index contributed by atoms with van der Waals surface area (Å²) in [6, 6.07) is 1.87. The largest absolute Gasteiger partial charge is 0.356 e. The Labute approximate surface area is 102 Å². The smallest absolute Gasteiger partial charge is 0.134 e.